The zero-order valence-corrected chi connectivity index (χ0v) is 18.2. The predicted octanol–water partition coefficient (Wildman–Crippen LogP) is 6.54. The van der Waals surface area contributed by atoms with Crippen molar-refractivity contribution in [1.29, 1.82) is 0 Å². The topological polar surface area (TPSA) is 29.1 Å². The number of nitrogens with zero attached hydrogens (tertiary/aromatic N) is 1. The van der Waals surface area contributed by atoms with Crippen LogP contribution in [0.5, 0.6) is 0 Å². The molecule has 0 aromatic heterocycles. The largest absolute Gasteiger partial charge is 0.270 e. The van der Waals surface area contributed by atoms with Crippen molar-refractivity contribution in [3.63, 3.8) is 0 Å². The van der Waals surface area contributed by atoms with Crippen LogP contribution >= 0.6 is 0 Å². The van der Waals surface area contributed by atoms with Crippen molar-refractivity contribution in [2.45, 2.75) is 110 Å². The van der Waals surface area contributed by atoms with Gasteiger partial charge in [-0.05, 0) is 12.5 Å². The Bertz CT molecular complexity index is 339. The number of likely N-dealkylation sites (N-methyl/N-ethyl adjacent to an activating group) is 1. The number of carbonyl (C=O) groups is 1. The summed E-state index contributed by atoms with van der Waals surface area (Å²) in [5.74, 6) is 0.159. The number of rotatable bonds is 19. The number of carbonyl (C=O) groups excluding carboxylic acids is 1. The lowest BCUT2D eigenvalue weighted by atomic mass is 10.0. The lowest BCUT2D eigenvalue weighted by molar-refractivity contribution is -0.919. The molecule has 0 atom stereocenters. The molecule has 0 aromatic rings. The van der Waals surface area contributed by atoms with E-state index in [2.05, 4.69) is 18.9 Å². The molecule has 1 N–H and O–H groups in total. The molecule has 0 heterocycles. The molecule has 0 aliphatic rings. The van der Waals surface area contributed by atoms with E-state index in [1.165, 1.54) is 89.9 Å². The van der Waals surface area contributed by atoms with Gasteiger partial charge in [0.05, 0.1) is 14.1 Å². The minimum absolute atomic E-state index is 0.159. The van der Waals surface area contributed by atoms with E-state index < -0.39 is 0 Å². The second kappa shape index (κ2) is 17.6. The lowest BCUT2D eigenvalue weighted by Crippen LogP contribution is -2.54. The lowest BCUT2D eigenvalue weighted by Gasteiger charge is -2.27. The molecular weight excluding hydrogens is 320 g/mol. The molecule has 0 spiro atoms. The highest BCUT2D eigenvalue weighted by atomic mass is 16.2. The van der Waals surface area contributed by atoms with Gasteiger partial charge in [-0.3, -0.25) is 4.79 Å². The van der Waals surface area contributed by atoms with E-state index in [9.17, 15) is 4.79 Å². The van der Waals surface area contributed by atoms with Crippen LogP contribution in [0.4, 0.5) is 0 Å². The number of amides is 1. The molecule has 26 heavy (non-hydrogen) atoms. The number of unbranched alkanes of at least 4 members (excludes halogenated alkanes) is 14. The van der Waals surface area contributed by atoms with Crippen LogP contribution in [0.15, 0.2) is 12.7 Å². The number of quaternary nitrogens is 1. The molecule has 0 aliphatic heterocycles. The first kappa shape index (κ1) is 25.2. The second-order valence-corrected chi connectivity index (χ2v) is 8.39. The Kier molecular flexibility index (Phi) is 17.0. The highest BCUT2D eigenvalue weighted by Gasteiger charge is 2.16. The molecule has 0 unspecified atom stereocenters. The molecule has 0 aliphatic carbocycles. The van der Waals surface area contributed by atoms with Crippen LogP contribution in [0.3, 0.4) is 0 Å². The molecule has 0 saturated carbocycles. The predicted molar refractivity (Wildman–Crippen MR) is 115 cm³/mol. The Morgan fingerprint density at radius 2 is 1.15 bits per heavy atom. The zero-order valence-electron chi connectivity index (χ0n) is 18.2. The summed E-state index contributed by atoms with van der Waals surface area (Å²) in [5, 5.41) is 0. The first-order chi connectivity index (χ1) is 12.5. The molecule has 0 saturated heterocycles. The van der Waals surface area contributed by atoms with E-state index in [4.69, 9.17) is 0 Å². The molecule has 3 heteroatoms. The van der Waals surface area contributed by atoms with Gasteiger partial charge in [-0.1, -0.05) is 103 Å². The minimum atomic E-state index is 0.159. The van der Waals surface area contributed by atoms with Crippen LogP contribution in [0, 0.1) is 0 Å². The molecule has 0 aromatic carbocycles. The molecule has 0 radical (unpaired) electrons. The highest BCUT2D eigenvalue weighted by molar-refractivity contribution is 5.74. The summed E-state index contributed by atoms with van der Waals surface area (Å²) in [6.45, 7) is 6.77. The summed E-state index contributed by atoms with van der Waals surface area (Å²) in [6.07, 6.45) is 22.8. The van der Waals surface area contributed by atoms with Crippen molar-refractivity contribution in [2.75, 3.05) is 20.6 Å². The van der Waals surface area contributed by atoms with Crippen molar-refractivity contribution in [3.8, 4) is 0 Å². The quantitative estimate of drug-likeness (QED) is 0.119. The molecule has 1 amide bonds. The monoisotopic (exact) mass is 367 g/mol. The Hall–Kier alpha value is -0.830. The third kappa shape index (κ3) is 18.0. The maximum atomic E-state index is 11.9. The fourth-order valence-electron chi connectivity index (χ4n) is 3.42. The summed E-state index contributed by atoms with van der Waals surface area (Å²) >= 11 is 0. The third-order valence-electron chi connectivity index (χ3n) is 5.02. The van der Waals surface area contributed by atoms with Crippen molar-refractivity contribution in [2.24, 2.45) is 0 Å². The first-order valence-corrected chi connectivity index (χ1v) is 11.3. The van der Waals surface area contributed by atoms with Crippen LogP contribution < -0.4 is 5.43 Å². The summed E-state index contributed by atoms with van der Waals surface area (Å²) < 4.78 is 0.487. The first-order valence-electron chi connectivity index (χ1n) is 11.3. The third-order valence-corrected chi connectivity index (χ3v) is 5.02. The normalized spacial score (nSPS) is 11.5. The van der Waals surface area contributed by atoms with Crippen LogP contribution in [0.1, 0.15) is 110 Å². The van der Waals surface area contributed by atoms with Gasteiger partial charge in [0.1, 0.15) is 6.54 Å². The maximum absolute atomic E-state index is 11.9. The van der Waals surface area contributed by atoms with E-state index >= 15 is 0 Å². The van der Waals surface area contributed by atoms with E-state index in [-0.39, 0.29) is 5.91 Å². The number of nitrogens with one attached hydrogen (secondary N) is 1. The summed E-state index contributed by atoms with van der Waals surface area (Å²) in [6, 6.07) is 0. The van der Waals surface area contributed by atoms with E-state index in [0.717, 1.165) is 13.0 Å². The van der Waals surface area contributed by atoms with Gasteiger partial charge >= 0.3 is 0 Å². The fourth-order valence-corrected chi connectivity index (χ4v) is 3.42. The Labute approximate surface area is 164 Å². The van der Waals surface area contributed by atoms with Gasteiger partial charge in [0.2, 0.25) is 0 Å². The van der Waals surface area contributed by atoms with Crippen LogP contribution in [-0.4, -0.2) is 31.1 Å². The molecule has 0 rings (SSSR count). The standard InChI is InChI=1S/C23H46N2O/c1-5-7-8-9-10-11-12-13-14-15-16-17-18-19-20-21-23(26)24-25(3,4)22-6-2/h6H,2,5,7-22H2,1,3-4H3/p+1. The fraction of sp³-hybridized carbons (Fsp3) is 0.870. The maximum Gasteiger partial charge on any atom is 0.264 e. The highest BCUT2D eigenvalue weighted by Crippen LogP contribution is 2.13. The van der Waals surface area contributed by atoms with Crippen molar-refractivity contribution in [3.05, 3.63) is 12.7 Å². The zero-order chi connectivity index (χ0) is 19.5. The Morgan fingerprint density at radius 1 is 0.769 bits per heavy atom. The SMILES string of the molecule is C=CC[N+](C)(C)NC(=O)CCCCCCCCCCCCCCCCC. The summed E-state index contributed by atoms with van der Waals surface area (Å²) in [5.41, 5.74) is 3.03. The molecule has 3 nitrogen and oxygen atoms in total. The van der Waals surface area contributed by atoms with Gasteiger partial charge in [0.25, 0.3) is 5.91 Å². The van der Waals surface area contributed by atoms with Gasteiger partial charge in [0.15, 0.2) is 0 Å². The molecule has 0 bridgehead atoms. The van der Waals surface area contributed by atoms with Crippen LogP contribution in [-0.2, 0) is 4.79 Å². The second-order valence-electron chi connectivity index (χ2n) is 8.39. The van der Waals surface area contributed by atoms with E-state index in [0.29, 0.717) is 11.0 Å². The summed E-state index contributed by atoms with van der Waals surface area (Å²) in [4.78, 5) is 11.9. The van der Waals surface area contributed by atoms with E-state index in [1.54, 1.807) is 0 Å². The van der Waals surface area contributed by atoms with Gasteiger partial charge in [0, 0.05) is 6.42 Å². The molecule has 154 valence electrons. The molecular formula is C23H47N2O+. The van der Waals surface area contributed by atoms with E-state index in [1.807, 2.05) is 20.2 Å². The van der Waals surface area contributed by atoms with Gasteiger partial charge in [-0.15, -0.1) is 0 Å². The van der Waals surface area contributed by atoms with Crippen molar-refractivity contribution >= 4 is 5.91 Å². The van der Waals surface area contributed by atoms with Gasteiger partial charge in [-0.2, -0.15) is 0 Å². The Balaban J connectivity index is 3.26. The van der Waals surface area contributed by atoms with Gasteiger partial charge < -0.3 is 0 Å². The number of hydrogen-bond acceptors (Lipinski definition) is 1. The minimum Gasteiger partial charge on any atom is -0.270 e. The van der Waals surface area contributed by atoms with Crippen molar-refractivity contribution < 1.29 is 9.39 Å². The van der Waals surface area contributed by atoms with Gasteiger partial charge in [-0.25, -0.2) is 10.0 Å². The smallest absolute Gasteiger partial charge is 0.264 e. The molecule has 0 fully saturated rings. The average Bonchev–Trinajstić information content (AvgIpc) is 2.57. The Morgan fingerprint density at radius 3 is 1.54 bits per heavy atom. The number of hydrogen-bond donors (Lipinski definition) is 1. The van der Waals surface area contributed by atoms with Crippen molar-refractivity contribution in [1.82, 2.24) is 5.43 Å². The summed E-state index contributed by atoms with van der Waals surface area (Å²) in [7, 11) is 3.98. The van der Waals surface area contributed by atoms with Crippen LogP contribution in [0.25, 0.3) is 0 Å². The average molecular weight is 368 g/mol. The van der Waals surface area contributed by atoms with Crippen LogP contribution in [0.2, 0.25) is 0 Å².